The number of fused-ring (bicyclic) bond motifs is 1. The Kier molecular flexibility index (Phi) is 3.80. The number of hydrogen-bond acceptors (Lipinski definition) is 4. The molecule has 0 amide bonds. The molecule has 0 aliphatic carbocycles. The highest BCUT2D eigenvalue weighted by molar-refractivity contribution is 5.93. The molecule has 0 bridgehead atoms. The highest BCUT2D eigenvalue weighted by Crippen LogP contribution is 2.12. The molecule has 0 aliphatic heterocycles. The second kappa shape index (κ2) is 5.70. The summed E-state index contributed by atoms with van der Waals surface area (Å²) >= 11 is 0. The van der Waals surface area contributed by atoms with Gasteiger partial charge in [0.1, 0.15) is 11.3 Å². The zero-order valence-corrected chi connectivity index (χ0v) is 10.2. The highest BCUT2D eigenvalue weighted by Gasteiger charge is 2.10. The van der Waals surface area contributed by atoms with Crippen molar-refractivity contribution in [1.82, 2.24) is 9.38 Å². The minimum absolute atomic E-state index is 0.102. The average molecular weight is 257 g/mol. The molecule has 96 valence electrons. The van der Waals surface area contributed by atoms with Crippen molar-refractivity contribution in [2.45, 2.75) is 6.92 Å². The number of rotatable bonds is 4. The van der Waals surface area contributed by atoms with Crippen LogP contribution >= 0.6 is 0 Å². The Hall–Kier alpha value is -2.79. The van der Waals surface area contributed by atoms with E-state index in [0.29, 0.717) is 5.69 Å². The van der Waals surface area contributed by atoms with Gasteiger partial charge in [0.25, 0.3) is 0 Å². The van der Waals surface area contributed by atoms with Crippen molar-refractivity contribution < 1.29 is 9.53 Å². The summed E-state index contributed by atoms with van der Waals surface area (Å²) in [5, 5.41) is 3.35. The van der Waals surface area contributed by atoms with Crippen LogP contribution in [-0.2, 0) is 9.53 Å². The Labute approximate surface area is 108 Å². The van der Waals surface area contributed by atoms with Crippen molar-refractivity contribution in [2.24, 2.45) is 5.11 Å². The van der Waals surface area contributed by atoms with Crippen LogP contribution in [0.5, 0.6) is 0 Å². The second-order valence-electron chi connectivity index (χ2n) is 3.55. The van der Waals surface area contributed by atoms with Crippen molar-refractivity contribution in [3.05, 3.63) is 52.4 Å². The third kappa shape index (κ3) is 2.72. The Balaban J connectivity index is 2.46. The van der Waals surface area contributed by atoms with Crippen LogP contribution < -0.4 is 0 Å². The van der Waals surface area contributed by atoms with Crippen molar-refractivity contribution in [3.8, 4) is 0 Å². The number of hydrogen-bond donors (Lipinski definition) is 0. The average Bonchev–Trinajstić information content (AvgIpc) is 2.82. The van der Waals surface area contributed by atoms with Gasteiger partial charge in [0.05, 0.1) is 18.5 Å². The summed E-state index contributed by atoms with van der Waals surface area (Å²) in [7, 11) is 0. The molecule has 7 heteroatoms. The lowest BCUT2D eigenvalue weighted by molar-refractivity contribution is -0.138. The largest absolute Gasteiger partial charge is 0.462 e. The maximum absolute atomic E-state index is 11.6. The normalized spacial score (nSPS) is 11.1. The Bertz CT molecular complexity index is 682. The number of esters is 1. The van der Waals surface area contributed by atoms with Gasteiger partial charge in [-0.05, 0) is 30.7 Å². The number of nitrogens with zero attached hydrogens (tertiary/aromatic N) is 5. The van der Waals surface area contributed by atoms with Gasteiger partial charge in [-0.3, -0.25) is 0 Å². The number of ether oxygens (including phenoxy) is 1. The lowest BCUT2D eigenvalue weighted by Crippen LogP contribution is -2.05. The summed E-state index contributed by atoms with van der Waals surface area (Å²) in [6.07, 6.45) is 4.83. The number of aromatic nitrogens is 2. The summed E-state index contributed by atoms with van der Waals surface area (Å²) in [6.45, 7) is 1.89. The van der Waals surface area contributed by atoms with Crippen molar-refractivity contribution in [3.63, 3.8) is 0 Å². The van der Waals surface area contributed by atoms with E-state index in [1.807, 2.05) is 18.2 Å². The van der Waals surface area contributed by atoms with Crippen molar-refractivity contribution in [2.75, 3.05) is 6.61 Å². The van der Waals surface area contributed by atoms with Crippen LogP contribution in [0.25, 0.3) is 22.2 Å². The molecule has 7 nitrogen and oxygen atoms in total. The predicted molar refractivity (Wildman–Crippen MR) is 68.9 cm³/mol. The first-order valence-electron chi connectivity index (χ1n) is 5.62. The van der Waals surface area contributed by atoms with E-state index in [2.05, 4.69) is 15.0 Å². The van der Waals surface area contributed by atoms with E-state index >= 15 is 0 Å². The molecule has 2 heterocycles. The van der Waals surface area contributed by atoms with Gasteiger partial charge in [0.15, 0.2) is 0 Å². The van der Waals surface area contributed by atoms with E-state index in [-0.39, 0.29) is 12.3 Å². The molecule has 0 fully saturated rings. The first-order chi connectivity index (χ1) is 9.26. The molecular formula is C12H11N5O2. The van der Waals surface area contributed by atoms with Crippen LogP contribution in [0.1, 0.15) is 12.6 Å². The van der Waals surface area contributed by atoms with E-state index < -0.39 is 5.97 Å². The van der Waals surface area contributed by atoms with Crippen LogP contribution in [-0.4, -0.2) is 22.0 Å². The molecular weight excluding hydrogens is 246 g/mol. The zero-order valence-electron chi connectivity index (χ0n) is 10.2. The molecule has 0 unspecified atom stereocenters. The van der Waals surface area contributed by atoms with E-state index in [4.69, 9.17) is 10.3 Å². The van der Waals surface area contributed by atoms with Crippen LogP contribution in [0.15, 0.2) is 41.4 Å². The van der Waals surface area contributed by atoms with Gasteiger partial charge in [0, 0.05) is 11.1 Å². The predicted octanol–water partition coefficient (Wildman–Crippen LogP) is 2.55. The number of carbonyl (C=O) groups is 1. The maximum atomic E-state index is 11.6. The molecule has 0 atom stereocenters. The van der Waals surface area contributed by atoms with Crippen LogP contribution in [0.3, 0.4) is 0 Å². The van der Waals surface area contributed by atoms with Gasteiger partial charge >= 0.3 is 5.97 Å². The smallest absolute Gasteiger partial charge is 0.340 e. The van der Waals surface area contributed by atoms with E-state index in [9.17, 15) is 4.79 Å². The van der Waals surface area contributed by atoms with E-state index in [0.717, 1.165) is 5.65 Å². The number of azide groups is 1. The minimum Gasteiger partial charge on any atom is -0.462 e. The first kappa shape index (κ1) is 12.7. The highest BCUT2D eigenvalue weighted by atomic mass is 16.5. The topological polar surface area (TPSA) is 92.4 Å². The molecule has 2 aromatic rings. The molecule has 0 aliphatic rings. The number of imidazole rings is 1. The molecule has 2 aromatic heterocycles. The van der Waals surface area contributed by atoms with Gasteiger partial charge in [-0.1, -0.05) is 11.2 Å². The minimum atomic E-state index is -0.661. The van der Waals surface area contributed by atoms with Crippen LogP contribution in [0.4, 0.5) is 0 Å². The molecule has 19 heavy (non-hydrogen) atoms. The lowest BCUT2D eigenvalue weighted by Gasteiger charge is -2.01. The van der Waals surface area contributed by atoms with Crippen LogP contribution in [0, 0.1) is 0 Å². The van der Waals surface area contributed by atoms with E-state index in [1.54, 1.807) is 23.7 Å². The fourth-order valence-electron chi connectivity index (χ4n) is 1.58. The number of carbonyl (C=O) groups excluding carboxylic acids is 1. The lowest BCUT2D eigenvalue weighted by atomic mass is 10.3. The summed E-state index contributed by atoms with van der Waals surface area (Å²) in [5.74, 6) is -0.661. The third-order valence-corrected chi connectivity index (χ3v) is 2.37. The van der Waals surface area contributed by atoms with E-state index in [1.165, 1.54) is 6.08 Å². The molecule has 2 rings (SSSR count). The van der Waals surface area contributed by atoms with Gasteiger partial charge < -0.3 is 9.14 Å². The standard InChI is InChI=1S/C12H11N5O2/c1-2-19-12(18)10(15-16-13)7-9-8-14-11-5-3-4-6-17(9)11/h3-8H,2H2,1H3/b10-7-. The zero-order chi connectivity index (χ0) is 13.7. The molecule has 0 radical (unpaired) electrons. The fraction of sp³-hybridized carbons (Fsp3) is 0.167. The third-order valence-electron chi connectivity index (χ3n) is 2.37. The second-order valence-corrected chi connectivity index (χ2v) is 3.55. The summed E-state index contributed by atoms with van der Waals surface area (Å²) in [6, 6.07) is 5.52. The monoisotopic (exact) mass is 257 g/mol. The molecule has 0 N–H and O–H groups in total. The first-order valence-corrected chi connectivity index (χ1v) is 5.62. The summed E-state index contributed by atoms with van der Waals surface area (Å²) in [4.78, 5) is 18.4. The van der Waals surface area contributed by atoms with Gasteiger partial charge in [0.2, 0.25) is 0 Å². The Morgan fingerprint density at radius 2 is 2.47 bits per heavy atom. The maximum Gasteiger partial charge on any atom is 0.340 e. The molecule has 0 aromatic carbocycles. The quantitative estimate of drug-likeness (QED) is 0.277. The Morgan fingerprint density at radius 1 is 1.63 bits per heavy atom. The van der Waals surface area contributed by atoms with Gasteiger partial charge in [-0.15, -0.1) is 0 Å². The SMILES string of the molecule is CCOC(=O)/C(=C/c1cnc2ccccn12)N=[N+]=[N-]. The summed E-state index contributed by atoms with van der Waals surface area (Å²) in [5.41, 5.74) is 9.75. The van der Waals surface area contributed by atoms with Crippen molar-refractivity contribution >= 4 is 17.7 Å². The molecule has 0 saturated carbocycles. The number of pyridine rings is 1. The van der Waals surface area contributed by atoms with Gasteiger partial charge in [-0.25, -0.2) is 9.78 Å². The molecule has 0 spiro atoms. The van der Waals surface area contributed by atoms with Crippen LogP contribution in [0.2, 0.25) is 0 Å². The van der Waals surface area contributed by atoms with Crippen molar-refractivity contribution in [1.29, 1.82) is 0 Å². The fourth-order valence-corrected chi connectivity index (χ4v) is 1.58. The molecule has 0 saturated heterocycles. The Morgan fingerprint density at radius 3 is 3.21 bits per heavy atom. The van der Waals surface area contributed by atoms with Gasteiger partial charge in [-0.2, -0.15) is 0 Å². The summed E-state index contributed by atoms with van der Waals surface area (Å²) < 4.78 is 6.59.